The Hall–Kier alpha value is -0.850. The van der Waals surface area contributed by atoms with Gasteiger partial charge >= 0.3 is 0 Å². The molecule has 5 rings (SSSR count). The van der Waals surface area contributed by atoms with Gasteiger partial charge in [0.25, 0.3) is 0 Å². The molecule has 1 heteroatoms. The zero-order valence-corrected chi connectivity index (χ0v) is 13.4. The van der Waals surface area contributed by atoms with E-state index in [0.717, 1.165) is 29.1 Å². The van der Waals surface area contributed by atoms with E-state index in [-0.39, 0.29) is 0 Å². The third-order valence-corrected chi connectivity index (χ3v) is 6.86. The number of aromatic nitrogens is 1. The Morgan fingerprint density at radius 3 is 2.14 bits per heavy atom. The molecule has 1 unspecified atom stereocenters. The minimum Gasteiger partial charge on any atom is -0.265 e. The topological polar surface area (TPSA) is 12.9 Å². The van der Waals surface area contributed by atoms with Crippen molar-refractivity contribution in [2.24, 2.45) is 23.2 Å². The number of hydrogen-bond acceptors (Lipinski definition) is 1. The molecular weight excluding hydrogens is 254 g/mol. The lowest BCUT2D eigenvalue weighted by atomic mass is 9.48. The molecule has 4 fully saturated rings. The molecule has 0 aliphatic heterocycles. The van der Waals surface area contributed by atoms with Gasteiger partial charge in [-0.2, -0.15) is 0 Å². The predicted octanol–water partition coefficient (Wildman–Crippen LogP) is 5.57. The maximum atomic E-state index is 4.18. The summed E-state index contributed by atoms with van der Waals surface area (Å²) in [7, 11) is 0. The lowest BCUT2D eigenvalue weighted by Gasteiger charge is -2.57. The van der Waals surface area contributed by atoms with E-state index in [2.05, 4.69) is 24.0 Å². The average molecular weight is 283 g/mol. The van der Waals surface area contributed by atoms with Crippen LogP contribution in [0.15, 0.2) is 24.5 Å². The zero-order chi connectivity index (χ0) is 14.3. The van der Waals surface area contributed by atoms with Gasteiger partial charge in [0.1, 0.15) is 0 Å². The quantitative estimate of drug-likeness (QED) is 0.688. The van der Waals surface area contributed by atoms with Gasteiger partial charge in [-0.15, -0.1) is 0 Å². The standard InChI is InChI=1S/C20H29N/c1-2-18(19-4-7-21-8-5-19)3-6-20-12-15-9-16(13-20)11-17(10-15)14-20/h4-5,7-8,15-18H,2-3,6,9-14H2,1H3. The molecule has 0 spiro atoms. The van der Waals surface area contributed by atoms with Crippen LogP contribution in [0.3, 0.4) is 0 Å². The fourth-order valence-electron chi connectivity index (χ4n) is 6.32. The molecule has 4 aliphatic rings. The first-order valence-corrected chi connectivity index (χ1v) is 9.16. The van der Waals surface area contributed by atoms with Crippen molar-refractivity contribution in [3.63, 3.8) is 0 Å². The molecule has 4 saturated carbocycles. The van der Waals surface area contributed by atoms with Crippen LogP contribution < -0.4 is 0 Å². The second-order valence-corrected chi connectivity index (χ2v) is 8.34. The van der Waals surface area contributed by atoms with Crippen molar-refractivity contribution in [3.05, 3.63) is 30.1 Å². The van der Waals surface area contributed by atoms with E-state index in [1.807, 2.05) is 12.4 Å². The highest BCUT2D eigenvalue weighted by Gasteiger charge is 2.50. The van der Waals surface area contributed by atoms with Gasteiger partial charge in [0, 0.05) is 12.4 Å². The van der Waals surface area contributed by atoms with Crippen molar-refractivity contribution in [2.45, 2.75) is 70.6 Å². The van der Waals surface area contributed by atoms with Crippen molar-refractivity contribution in [1.29, 1.82) is 0 Å². The Bertz CT molecular complexity index is 443. The summed E-state index contributed by atoms with van der Waals surface area (Å²) in [5, 5.41) is 0. The summed E-state index contributed by atoms with van der Waals surface area (Å²) in [6.45, 7) is 2.35. The van der Waals surface area contributed by atoms with E-state index in [1.54, 1.807) is 38.5 Å². The molecular formula is C20H29N. The summed E-state index contributed by atoms with van der Waals surface area (Å²) in [6, 6.07) is 4.46. The zero-order valence-electron chi connectivity index (χ0n) is 13.4. The van der Waals surface area contributed by atoms with Crippen molar-refractivity contribution >= 4 is 0 Å². The van der Waals surface area contributed by atoms with Gasteiger partial charge in [-0.3, -0.25) is 4.98 Å². The Balaban J connectivity index is 1.44. The van der Waals surface area contributed by atoms with Crippen LogP contribution in [-0.2, 0) is 0 Å². The molecule has 4 bridgehead atoms. The van der Waals surface area contributed by atoms with Crippen molar-refractivity contribution in [3.8, 4) is 0 Å². The Morgan fingerprint density at radius 2 is 1.62 bits per heavy atom. The highest BCUT2D eigenvalue weighted by atomic mass is 14.6. The maximum Gasteiger partial charge on any atom is 0.0270 e. The highest BCUT2D eigenvalue weighted by molar-refractivity contribution is 5.15. The maximum absolute atomic E-state index is 4.18. The number of hydrogen-bond donors (Lipinski definition) is 0. The van der Waals surface area contributed by atoms with Crippen LogP contribution in [0.1, 0.15) is 76.2 Å². The minimum absolute atomic E-state index is 0.745. The normalized spacial score (nSPS) is 38.6. The van der Waals surface area contributed by atoms with Crippen LogP contribution in [0.5, 0.6) is 0 Å². The highest BCUT2D eigenvalue weighted by Crippen LogP contribution is 2.62. The van der Waals surface area contributed by atoms with Gasteiger partial charge < -0.3 is 0 Å². The first-order chi connectivity index (χ1) is 10.3. The summed E-state index contributed by atoms with van der Waals surface area (Å²) in [4.78, 5) is 4.18. The molecule has 1 heterocycles. The van der Waals surface area contributed by atoms with E-state index in [4.69, 9.17) is 0 Å². The third kappa shape index (κ3) is 2.64. The molecule has 4 aliphatic carbocycles. The molecule has 0 radical (unpaired) electrons. The van der Waals surface area contributed by atoms with E-state index in [0.29, 0.717) is 0 Å². The van der Waals surface area contributed by atoms with Crippen LogP contribution in [0.2, 0.25) is 0 Å². The molecule has 0 amide bonds. The van der Waals surface area contributed by atoms with E-state index < -0.39 is 0 Å². The Morgan fingerprint density at radius 1 is 1.05 bits per heavy atom. The van der Waals surface area contributed by atoms with E-state index >= 15 is 0 Å². The average Bonchev–Trinajstić information content (AvgIpc) is 2.47. The smallest absolute Gasteiger partial charge is 0.0270 e. The first-order valence-electron chi connectivity index (χ1n) is 9.16. The SMILES string of the molecule is CCC(CCC12CC3CC(CC(C3)C1)C2)c1ccncc1. The van der Waals surface area contributed by atoms with Crippen molar-refractivity contribution in [2.75, 3.05) is 0 Å². The van der Waals surface area contributed by atoms with Crippen LogP contribution in [-0.4, -0.2) is 4.98 Å². The molecule has 114 valence electrons. The van der Waals surface area contributed by atoms with Crippen LogP contribution >= 0.6 is 0 Å². The van der Waals surface area contributed by atoms with Gasteiger partial charge in [-0.1, -0.05) is 6.92 Å². The Labute approximate surface area is 129 Å². The third-order valence-electron chi connectivity index (χ3n) is 6.86. The molecule has 1 nitrogen and oxygen atoms in total. The minimum atomic E-state index is 0.745. The van der Waals surface area contributed by atoms with Gasteiger partial charge in [-0.05, 0) is 105 Å². The van der Waals surface area contributed by atoms with Crippen LogP contribution in [0.25, 0.3) is 0 Å². The lowest BCUT2D eigenvalue weighted by Crippen LogP contribution is -2.46. The van der Waals surface area contributed by atoms with Crippen molar-refractivity contribution in [1.82, 2.24) is 4.98 Å². The number of pyridine rings is 1. The molecule has 1 aromatic rings. The summed E-state index contributed by atoms with van der Waals surface area (Å²) in [6.07, 6.45) is 17.5. The van der Waals surface area contributed by atoms with Gasteiger partial charge in [0.05, 0.1) is 0 Å². The molecule has 1 atom stereocenters. The fourth-order valence-corrected chi connectivity index (χ4v) is 6.32. The van der Waals surface area contributed by atoms with Gasteiger partial charge in [0.15, 0.2) is 0 Å². The summed E-state index contributed by atoms with van der Waals surface area (Å²) in [5.74, 6) is 4.03. The monoisotopic (exact) mass is 283 g/mol. The van der Waals surface area contributed by atoms with Gasteiger partial charge in [-0.25, -0.2) is 0 Å². The van der Waals surface area contributed by atoms with E-state index in [1.165, 1.54) is 24.8 Å². The molecule has 0 saturated heterocycles. The lowest BCUT2D eigenvalue weighted by molar-refractivity contribution is -0.0589. The second-order valence-electron chi connectivity index (χ2n) is 8.34. The molecule has 0 N–H and O–H groups in total. The molecule has 0 aromatic carbocycles. The Kier molecular flexibility index (Phi) is 3.55. The van der Waals surface area contributed by atoms with Crippen LogP contribution in [0, 0.1) is 23.2 Å². The predicted molar refractivity (Wildman–Crippen MR) is 87.1 cm³/mol. The largest absolute Gasteiger partial charge is 0.265 e. The fraction of sp³-hybridized carbons (Fsp3) is 0.750. The van der Waals surface area contributed by atoms with E-state index in [9.17, 15) is 0 Å². The summed E-state index contributed by atoms with van der Waals surface area (Å²) < 4.78 is 0. The van der Waals surface area contributed by atoms with Gasteiger partial charge in [0.2, 0.25) is 0 Å². The summed E-state index contributed by atoms with van der Waals surface area (Å²) >= 11 is 0. The molecule has 1 aromatic heterocycles. The van der Waals surface area contributed by atoms with Crippen molar-refractivity contribution < 1.29 is 0 Å². The summed E-state index contributed by atoms with van der Waals surface area (Å²) in [5.41, 5.74) is 2.26. The number of rotatable bonds is 5. The number of nitrogens with zero attached hydrogens (tertiary/aromatic N) is 1. The first kappa shape index (κ1) is 13.8. The second kappa shape index (κ2) is 5.41. The molecule has 21 heavy (non-hydrogen) atoms. The van der Waals surface area contributed by atoms with Crippen LogP contribution in [0.4, 0.5) is 0 Å².